The molecule has 1 saturated carbocycles. The second kappa shape index (κ2) is 5.13. The summed E-state index contributed by atoms with van der Waals surface area (Å²) in [5.74, 6) is 1.84. The zero-order valence-electron chi connectivity index (χ0n) is 8.29. The summed E-state index contributed by atoms with van der Waals surface area (Å²) in [5.41, 5.74) is 0. The van der Waals surface area contributed by atoms with E-state index in [0.717, 1.165) is 17.7 Å². The van der Waals surface area contributed by atoms with Gasteiger partial charge in [-0.15, -0.1) is 0 Å². The van der Waals surface area contributed by atoms with E-state index in [9.17, 15) is 0 Å². The van der Waals surface area contributed by atoms with E-state index < -0.39 is 0 Å². The largest absolute Gasteiger partial charge is 0.300 e. The minimum atomic E-state index is 0.800. The highest BCUT2D eigenvalue weighted by Crippen LogP contribution is 2.27. The van der Waals surface area contributed by atoms with E-state index in [1.807, 2.05) is 0 Å². The first-order valence-electron chi connectivity index (χ1n) is 5.16. The van der Waals surface area contributed by atoms with Gasteiger partial charge in [-0.1, -0.05) is 20.3 Å². The molecule has 1 unspecified atom stereocenters. The number of hydrogen-bond acceptors (Lipinski definition) is 2. The molecular weight excluding hydrogens is 166 g/mol. The smallest absolute Gasteiger partial charge is 0.00964 e. The van der Waals surface area contributed by atoms with Crippen LogP contribution in [0, 0.1) is 5.92 Å². The summed E-state index contributed by atoms with van der Waals surface area (Å²) in [6, 6.07) is 0.920. The van der Waals surface area contributed by atoms with Crippen molar-refractivity contribution in [3.05, 3.63) is 0 Å². The van der Waals surface area contributed by atoms with Crippen molar-refractivity contribution in [1.82, 2.24) is 4.90 Å². The molecule has 0 aliphatic heterocycles. The molecule has 1 nitrogen and oxygen atoms in total. The van der Waals surface area contributed by atoms with Crippen LogP contribution in [0.25, 0.3) is 0 Å². The average molecular weight is 187 g/mol. The van der Waals surface area contributed by atoms with Crippen molar-refractivity contribution < 1.29 is 0 Å². The van der Waals surface area contributed by atoms with Gasteiger partial charge in [-0.2, -0.15) is 12.6 Å². The van der Waals surface area contributed by atoms with Crippen LogP contribution in [0.1, 0.15) is 33.1 Å². The summed E-state index contributed by atoms with van der Waals surface area (Å²) in [6.45, 7) is 7.02. The Morgan fingerprint density at radius 1 is 1.42 bits per heavy atom. The Morgan fingerprint density at radius 3 is 2.42 bits per heavy atom. The van der Waals surface area contributed by atoms with Gasteiger partial charge >= 0.3 is 0 Å². The Labute approximate surface area is 81.9 Å². The van der Waals surface area contributed by atoms with Gasteiger partial charge in [0, 0.05) is 12.6 Å². The molecule has 1 atom stereocenters. The lowest BCUT2D eigenvalue weighted by Gasteiger charge is -2.24. The maximum absolute atomic E-state index is 4.37. The molecule has 0 N–H and O–H groups in total. The maximum atomic E-state index is 4.37. The normalized spacial score (nSPS) is 20.0. The van der Waals surface area contributed by atoms with Crippen LogP contribution in [0.4, 0.5) is 0 Å². The van der Waals surface area contributed by atoms with Crippen molar-refractivity contribution in [2.45, 2.75) is 39.2 Å². The van der Waals surface area contributed by atoms with Gasteiger partial charge in [0.15, 0.2) is 0 Å². The second-order valence-corrected chi connectivity index (χ2v) is 4.14. The van der Waals surface area contributed by atoms with Crippen LogP contribution in [-0.2, 0) is 0 Å². The molecule has 1 aliphatic carbocycles. The SMILES string of the molecule is CCC(CS)CN(CC)C1CC1. The Hall–Kier alpha value is 0.310. The van der Waals surface area contributed by atoms with Crippen LogP contribution in [0.2, 0.25) is 0 Å². The number of rotatable bonds is 6. The van der Waals surface area contributed by atoms with E-state index in [-0.39, 0.29) is 0 Å². The Kier molecular flexibility index (Phi) is 4.44. The monoisotopic (exact) mass is 187 g/mol. The summed E-state index contributed by atoms with van der Waals surface area (Å²) in [7, 11) is 0. The van der Waals surface area contributed by atoms with Crippen LogP contribution >= 0.6 is 12.6 Å². The quantitative estimate of drug-likeness (QED) is 0.625. The molecule has 0 amide bonds. The molecule has 1 fully saturated rings. The molecule has 12 heavy (non-hydrogen) atoms. The van der Waals surface area contributed by atoms with E-state index >= 15 is 0 Å². The van der Waals surface area contributed by atoms with Gasteiger partial charge in [0.25, 0.3) is 0 Å². The maximum Gasteiger partial charge on any atom is 0.00964 e. The third-order valence-corrected chi connectivity index (χ3v) is 3.31. The Bertz CT molecular complexity index is 119. The number of nitrogens with zero attached hydrogens (tertiary/aromatic N) is 1. The van der Waals surface area contributed by atoms with Crippen molar-refractivity contribution >= 4 is 12.6 Å². The summed E-state index contributed by atoms with van der Waals surface area (Å²) < 4.78 is 0. The summed E-state index contributed by atoms with van der Waals surface area (Å²) >= 11 is 4.37. The van der Waals surface area contributed by atoms with Crippen molar-refractivity contribution in [3.63, 3.8) is 0 Å². The lowest BCUT2D eigenvalue weighted by molar-refractivity contribution is 0.238. The van der Waals surface area contributed by atoms with Crippen LogP contribution < -0.4 is 0 Å². The summed E-state index contributed by atoms with van der Waals surface area (Å²) in [6.07, 6.45) is 4.13. The van der Waals surface area contributed by atoms with E-state index in [1.54, 1.807) is 0 Å². The predicted octanol–water partition coefficient (Wildman–Crippen LogP) is 2.43. The molecule has 0 spiro atoms. The first-order chi connectivity index (χ1) is 5.81. The molecule has 72 valence electrons. The number of thiol groups is 1. The second-order valence-electron chi connectivity index (χ2n) is 3.78. The molecule has 0 saturated heterocycles. The van der Waals surface area contributed by atoms with Crippen LogP contribution in [0.5, 0.6) is 0 Å². The van der Waals surface area contributed by atoms with Crippen molar-refractivity contribution in [2.75, 3.05) is 18.8 Å². The van der Waals surface area contributed by atoms with Crippen molar-refractivity contribution in [3.8, 4) is 0 Å². The molecule has 0 heterocycles. The lowest BCUT2D eigenvalue weighted by Crippen LogP contribution is -2.31. The van der Waals surface area contributed by atoms with Gasteiger partial charge in [-0.05, 0) is 31.1 Å². The highest BCUT2D eigenvalue weighted by molar-refractivity contribution is 7.80. The average Bonchev–Trinajstić information content (AvgIpc) is 2.90. The van der Waals surface area contributed by atoms with Gasteiger partial charge in [-0.25, -0.2) is 0 Å². The molecule has 0 aromatic carbocycles. The first kappa shape index (κ1) is 10.4. The lowest BCUT2D eigenvalue weighted by atomic mass is 10.1. The molecule has 0 radical (unpaired) electrons. The topological polar surface area (TPSA) is 3.24 Å². The standard InChI is InChI=1S/C10H21NS/c1-3-9(8-12)7-11(4-2)10-5-6-10/h9-10,12H,3-8H2,1-2H3. The third-order valence-electron chi connectivity index (χ3n) is 2.80. The highest BCUT2D eigenvalue weighted by atomic mass is 32.1. The van der Waals surface area contributed by atoms with E-state index in [2.05, 4.69) is 31.4 Å². The molecule has 0 aromatic rings. The van der Waals surface area contributed by atoms with Crippen molar-refractivity contribution in [1.29, 1.82) is 0 Å². The zero-order chi connectivity index (χ0) is 8.97. The van der Waals surface area contributed by atoms with Crippen molar-refractivity contribution in [2.24, 2.45) is 5.92 Å². The summed E-state index contributed by atoms with van der Waals surface area (Å²) in [5, 5.41) is 0. The van der Waals surface area contributed by atoms with E-state index in [1.165, 1.54) is 32.4 Å². The molecular formula is C10H21NS. The summed E-state index contributed by atoms with van der Waals surface area (Å²) in [4.78, 5) is 2.62. The molecule has 2 heteroatoms. The van der Waals surface area contributed by atoms with Gasteiger partial charge < -0.3 is 4.90 Å². The number of hydrogen-bond donors (Lipinski definition) is 1. The van der Waals surface area contributed by atoms with Gasteiger partial charge in [0.05, 0.1) is 0 Å². The van der Waals surface area contributed by atoms with Gasteiger partial charge in [-0.3, -0.25) is 0 Å². The molecule has 1 aliphatic rings. The molecule has 1 rings (SSSR count). The fourth-order valence-electron chi connectivity index (χ4n) is 1.62. The molecule has 0 aromatic heterocycles. The van der Waals surface area contributed by atoms with Gasteiger partial charge in [0.1, 0.15) is 0 Å². The predicted molar refractivity (Wildman–Crippen MR) is 57.9 cm³/mol. The van der Waals surface area contributed by atoms with Gasteiger partial charge in [0.2, 0.25) is 0 Å². The molecule has 0 bridgehead atoms. The first-order valence-corrected chi connectivity index (χ1v) is 5.79. The van der Waals surface area contributed by atoms with E-state index in [0.29, 0.717) is 0 Å². The minimum absolute atomic E-state index is 0.800. The van der Waals surface area contributed by atoms with Crippen LogP contribution in [0.3, 0.4) is 0 Å². The van der Waals surface area contributed by atoms with Crippen LogP contribution in [-0.4, -0.2) is 29.8 Å². The highest BCUT2D eigenvalue weighted by Gasteiger charge is 2.28. The fraction of sp³-hybridized carbons (Fsp3) is 1.00. The zero-order valence-corrected chi connectivity index (χ0v) is 9.19. The minimum Gasteiger partial charge on any atom is -0.300 e. The Balaban J connectivity index is 2.24. The van der Waals surface area contributed by atoms with E-state index in [4.69, 9.17) is 0 Å². The van der Waals surface area contributed by atoms with Crippen LogP contribution in [0.15, 0.2) is 0 Å². The third kappa shape index (κ3) is 2.98. The Morgan fingerprint density at radius 2 is 2.08 bits per heavy atom. The fourth-order valence-corrected chi connectivity index (χ4v) is 2.00.